The number of aromatic amines is 1. The molecule has 0 saturated carbocycles. The van der Waals surface area contributed by atoms with Crippen molar-refractivity contribution in [2.75, 3.05) is 32.1 Å². The maximum atomic E-state index is 12.8. The molecule has 3 rings (SSSR count). The van der Waals surface area contributed by atoms with Crippen molar-refractivity contribution < 1.29 is 8.42 Å². The largest absolute Gasteiger partial charge is 0.373 e. The fourth-order valence-corrected chi connectivity index (χ4v) is 3.84. The van der Waals surface area contributed by atoms with Crippen LogP contribution in [-0.2, 0) is 10.0 Å². The molecule has 0 aliphatic heterocycles. The normalized spacial score (nSPS) is 12.0. The number of benzene rings is 1. The summed E-state index contributed by atoms with van der Waals surface area (Å²) in [5, 5.41) is 0.612. The molecule has 126 valence electrons. The molecule has 0 amide bonds. The van der Waals surface area contributed by atoms with Gasteiger partial charge in [0.15, 0.2) is 0 Å². The molecule has 2 heterocycles. The minimum Gasteiger partial charge on any atom is -0.373 e. The van der Waals surface area contributed by atoms with Gasteiger partial charge in [0, 0.05) is 50.7 Å². The predicted molar refractivity (Wildman–Crippen MR) is 95.6 cm³/mol. The number of pyridine rings is 1. The van der Waals surface area contributed by atoms with Crippen molar-refractivity contribution in [1.82, 2.24) is 14.3 Å². The maximum absolute atomic E-state index is 12.8. The molecule has 0 atom stereocenters. The van der Waals surface area contributed by atoms with Crippen LogP contribution >= 0.6 is 0 Å². The van der Waals surface area contributed by atoms with Crippen LogP contribution in [-0.4, -0.2) is 49.9 Å². The van der Waals surface area contributed by atoms with Crippen LogP contribution in [0.4, 0.5) is 5.69 Å². The second-order valence-corrected chi connectivity index (χ2v) is 7.65. The molecule has 0 fully saturated rings. The molecule has 0 aliphatic rings. The van der Waals surface area contributed by atoms with Crippen molar-refractivity contribution >= 4 is 26.7 Å². The quantitative estimate of drug-likeness (QED) is 0.745. The fourth-order valence-electron chi connectivity index (χ4n) is 2.53. The van der Waals surface area contributed by atoms with E-state index in [0.717, 1.165) is 5.69 Å². The first-order valence-electron chi connectivity index (χ1n) is 7.65. The summed E-state index contributed by atoms with van der Waals surface area (Å²) >= 11 is 0. The molecule has 0 spiro atoms. The van der Waals surface area contributed by atoms with Crippen molar-refractivity contribution in [3.05, 3.63) is 54.9 Å². The molecule has 1 N–H and O–H groups in total. The minimum absolute atomic E-state index is 0.260. The lowest BCUT2D eigenvalue weighted by Gasteiger charge is -2.23. The molecule has 3 aromatic rings. The second kappa shape index (κ2) is 6.62. The van der Waals surface area contributed by atoms with E-state index in [2.05, 4.69) is 9.97 Å². The molecule has 7 heteroatoms. The average Bonchev–Trinajstić information content (AvgIpc) is 3.05. The first-order valence-corrected chi connectivity index (χ1v) is 9.09. The zero-order valence-electron chi connectivity index (χ0n) is 13.7. The molecule has 6 nitrogen and oxygen atoms in total. The van der Waals surface area contributed by atoms with E-state index in [1.165, 1.54) is 10.5 Å². The summed E-state index contributed by atoms with van der Waals surface area (Å²) in [6.07, 6.45) is 3.14. The molecule has 0 bridgehead atoms. The third-order valence-corrected chi connectivity index (χ3v) is 5.95. The third kappa shape index (κ3) is 3.13. The van der Waals surface area contributed by atoms with E-state index in [4.69, 9.17) is 0 Å². The van der Waals surface area contributed by atoms with E-state index in [1.54, 1.807) is 25.4 Å². The summed E-state index contributed by atoms with van der Waals surface area (Å²) in [4.78, 5) is 9.34. The Balaban J connectivity index is 1.75. The molecular weight excluding hydrogens is 324 g/mol. The van der Waals surface area contributed by atoms with Crippen LogP contribution in [0, 0.1) is 0 Å². The minimum atomic E-state index is -3.56. The number of nitrogens with one attached hydrogen (secondary N) is 1. The Morgan fingerprint density at radius 1 is 1.04 bits per heavy atom. The Hall–Kier alpha value is -2.38. The smallest absolute Gasteiger partial charge is 0.245 e. The van der Waals surface area contributed by atoms with Crippen LogP contribution in [0.15, 0.2) is 59.8 Å². The molecule has 24 heavy (non-hydrogen) atoms. The van der Waals surface area contributed by atoms with Crippen LogP contribution in [0.5, 0.6) is 0 Å². The number of aromatic nitrogens is 2. The highest BCUT2D eigenvalue weighted by atomic mass is 32.2. The molecule has 0 radical (unpaired) electrons. The van der Waals surface area contributed by atoms with E-state index in [1.807, 2.05) is 42.3 Å². The van der Waals surface area contributed by atoms with Crippen LogP contribution < -0.4 is 4.90 Å². The molecular formula is C17H20N4O2S. The van der Waals surface area contributed by atoms with Gasteiger partial charge in [0.05, 0.1) is 0 Å². The Morgan fingerprint density at radius 3 is 2.54 bits per heavy atom. The van der Waals surface area contributed by atoms with Crippen LogP contribution in [0.3, 0.4) is 0 Å². The average molecular weight is 344 g/mol. The summed E-state index contributed by atoms with van der Waals surface area (Å²) < 4.78 is 27.0. The summed E-state index contributed by atoms with van der Waals surface area (Å²) in [6.45, 7) is 0.987. The molecule has 1 aromatic carbocycles. The SMILES string of the molecule is CN(CCN(C)S(=O)(=O)c1c[nH]c2ncccc12)c1ccccc1. The topological polar surface area (TPSA) is 69.3 Å². The van der Waals surface area contributed by atoms with Gasteiger partial charge in [-0.15, -0.1) is 0 Å². The van der Waals surface area contributed by atoms with Gasteiger partial charge in [0.2, 0.25) is 10.0 Å². The van der Waals surface area contributed by atoms with Crippen LogP contribution in [0.25, 0.3) is 11.0 Å². The van der Waals surface area contributed by atoms with Gasteiger partial charge in [0.1, 0.15) is 10.5 Å². The van der Waals surface area contributed by atoms with Gasteiger partial charge in [0.25, 0.3) is 0 Å². The number of para-hydroxylation sites is 1. The van der Waals surface area contributed by atoms with Gasteiger partial charge in [-0.3, -0.25) is 0 Å². The van der Waals surface area contributed by atoms with Crippen molar-refractivity contribution in [3.8, 4) is 0 Å². The van der Waals surface area contributed by atoms with Gasteiger partial charge in [-0.05, 0) is 24.3 Å². The molecule has 0 unspecified atom stereocenters. The number of likely N-dealkylation sites (N-methyl/N-ethyl adjacent to an activating group) is 2. The molecule has 0 aliphatic carbocycles. The first-order chi connectivity index (χ1) is 11.5. The fraction of sp³-hybridized carbons (Fsp3) is 0.235. The van der Waals surface area contributed by atoms with Crippen LogP contribution in [0.2, 0.25) is 0 Å². The number of fused-ring (bicyclic) bond motifs is 1. The van der Waals surface area contributed by atoms with Gasteiger partial charge in [-0.2, -0.15) is 4.31 Å². The van der Waals surface area contributed by atoms with Gasteiger partial charge in [-0.1, -0.05) is 18.2 Å². The number of hydrogen-bond acceptors (Lipinski definition) is 4. The number of H-pyrrole nitrogens is 1. The Morgan fingerprint density at radius 2 is 1.79 bits per heavy atom. The Labute approximate surface area is 141 Å². The summed E-state index contributed by atoms with van der Waals surface area (Å²) in [5.41, 5.74) is 1.63. The molecule has 0 saturated heterocycles. The van der Waals surface area contributed by atoms with E-state index in [-0.39, 0.29) is 4.90 Å². The Kier molecular flexibility index (Phi) is 4.55. The van der Waals surface area contributed by atoms with Gasteiger partial charge < -0.3 is 9.88 Å². The standard InChI is InChI=1S/C17H20N4O2S/c1-20(14-7-4-3-5-8-14)11-12-21(2)24(22,23)16-13-19-17-15(16)9-6-10-18-17/h3-10,13H,11-12H2,1-2H3,(H,18,19). The highest BCUT2D eigenvalue weighted by molar-refractivity contribution is 7.89. The second-order valence-electron chi connectivity index (χ2n) is 5.64. The number of nitrogens with zero attached hydrogens (tertiary/aromatic N) is 3. The zero-order valence-corrected chi connectivity index (χ0v) is 14.5. The van der Waals surface area contributed by atoms with Gasteiger partial charge >= 0.3 is 0 Å². The monoisotopic (exact) mass is 344 g/mol. The number of anilines is 1. The van der Waals surface area contributed by atoms with Crippen LogP contribution in [0.1, 0.15) is 0 Å². The third-order valence-electron chi connectivity index (χ3n) is 4.05. The number of hydrogen-bond donors (Lipinski definition) is 1. The van der Waals surface area contributed by atoms with E-state index in [9.17, 15) is 8.42 Å². The van der Waals surface area contributed by atoms with Gasteiger partial charge in [-0.25, -0.2) is 13.4 Å². The maximum Gasteiger partial charge on any atom is 0.245 e. The summed E-state index contributed by atoms with van der Waals surface area (Å²) in [7, 11) is -0.0143. The van der Waals surface area contributed by atoms with E-state index in [0.29, 0.717) is 24.1 Å². The Bertz CT molecular complexity index is 922. The van der Waals surface area contributed by atoms with Crippen molar-refractivity contribution in [3.63, 3.8) is 0 Å². The lowest BCUT2D eigenvalue weighted by Crippen LogP contribution is -2.34. The summed E-state index contributed by atoms with van der Waals surface area (Å²) in [6, 6.07) is 13.4. The zero-order chi connectivity index (χ0) is 17.2. The van der Waals surface area contributed by atoms with Crippen molar-refractivity contribution in [1.29, 1.82) is 0 Å². The van der Waals surface area contributed by atoms with E-state index >= 15 is 0 Å². The first kappa shape index (κ1) is 16.5. The van der Waals surface area contributed by atoms with Crippen molar-refractivity contribution in [2.24, 2.45) is 0 Å². The molecule has 2 aromatic heterocycles. The predicted octanol–water partition coefficient (Wildman–Crippen LogP) is 2.32. The lowest BCUT2D eigenvalue weighted by atomic mass is 10.3. The van der Waals surface area contributed by atoms with E-state index < -0.39 is 10.0 Å². The number of sulfonamides is 1. The lowest BCUT2D eigenvalue weighted by molar-refractivity contribution is 0.474. The number of rotatable bonds is 6. The van der Waals surface area contributed by atoms with Crippen molar-refractivity contribution in [2.45, 2.75) is 4.90 Å². The highest BCUT2D eigenvalue weighted by Crippen LogP contribution is 2.23. The highest BCUT2D eigenvalue weighted by Gasteiger charge is 2.24. The summed E-state index contributed by atoms with van der Waals surface area (Å²) in [5.74, 6) is 0.